The molecule has 1 fully saturated rings. The molecule has 1 aliphatic heterocycles. The summed E-state index contributed by atoms with van der Waals surface area (Å²) in [6, 6.07) is 6.59. The lowest BCUT2D eigenvalue weighted by atomic mass is 9.88. The van der Waals surface area contributed by atoms with E-state index in [4.69, 9.17) is 9.47 Å². The number of nitrogens with one attached hydrogen (secondary N) is 1. The zero-order chi connectivity index (χ0) is 19.2. The van der Waals surface area contributed by atoms with Crippen molar-refractivity contribution >= 4 is 17.7 Å². The predicted octanol–water partition coefficient (Wildman–Crippen LogP) is 4.19. The van der Waals surface area contributed by atoms with Crippen LogP contribution in [0.3, 0.4) is 0 Å². The Bertz CT molecular complexity index is 693. The van der Waals surface area contributed by atoms with Gasteiger partial charge in [0.1, 0.15) is 17.8 Å². The van der Waals surface area contributed by atoms with Gasteiger partial charge in [0.05, 0.1) is 12.6 Å². The first kappa shape index (κ1) is 19.4. The van der Waals surface area contributed by atoms with E-state index in [0.717, 1.165) is 43.4 Å². The van der Waals surface area contributed by atoms with Crippen LogP contribution in [0.25, 0.3) is 0 Å². The first-order chi connectivity index (χ1) is 13.1. The standard InChI is InChI=1S/C21H28N2O4/c1-3-13-26-16-11-9-15(10-12-16)19-18(14(2)22-21(25)23-19)20(24)27-17-7-5-4-6-8-17/h9-12,17-19H,3-8,13H2,1-2H3,(H,23,25). The van der Waals surface area contributed by atoms with E-state index in [0.29, 0.717) is 12.3 Å². The molecule has 6 heteroatoms. The molecule has 1 saturated carbocycles. The Morgan fingerprint density at radius 2 is 1.89 bits per heavy atom. The molecule has 0 radical (unpaired) electrons. The van der Waals surface area contributed by atoms with Crippen LogP contribution in [0.15, 0.2) is 29.3 Å². The lowest BCUT2D eigenvalue weighted by Gasteiger charge is -2.31. The van der Waals surface area contributed by atoms with Crippen molar-refractivity contribution in [3.63, 3.8) is 0 Å². The largest absolute Gasteiger partial charge is 0.494 e. The van der Waals surface area contributed by atoms with Gasteiger partial charge in [0.2, 0.25) is 0 Å². The van der Waals surface area contributed by atoms with Crippen molar-refractivity contribution in [3.8, 4) is 5.75 Å². The Morgan fingerprint density at radius 1 is 1.19 bits per heavy atom. The van der Waals surface area contributed by atoms with E-state index < -0.39 is 18.0 Å². The summed E-state index contributed by atoms with van der Waals surface area (Å²) in [6.07, 6.45) is 6.12. The van der Waals surface area contributed by atoms with Gasteiger partial charge in [-0.15, -0.1) is 0 Å². The molecule has 27 heavy (non-hydrogen) atoms. The summed E-state index contributed by atoms with van der Waals surface area (Å²) < 4.78 is 11.4. The Hall–Kier alpha value is -2.37. The fraction of sp³-hybridized carbons (Fsp3) is 0.571. The number of carbonyl (C=O) groups excluding carboxylic acids is 2. The molecule has 0 bridgehead atoms. The van der Waals surface area contributed by atoms with Crippen molar-refractivity contribution < 1.29 is 19.1 Å². The predicted molar refractivity (Wildman–Crippen MR) is 103 cm³/mol. The molecule has 0 aromatic heterocycles. The summed E-state index contributed by atoms with van der Waals surface area (Å²) in [5, 5.41) is 2.83. The maximum Gasteiger partial charge on any atom is 0.341 e. The van der Waals surface area contributed by atoms with Crippen LogP contribution in [0.4, 0.5) is 4.79 Å². The zero-order valence-electron chi connectivity index (χ0n) is 16.1. The van der Waals surface area contributed by atoms with Crippen LogP contribution in [0.2, 0.25) is 0 Å². The van der Waals surface area contributed by atoms with E-state index in [1.807, 2.05) is 24.3 Å². The van der Waals surface area contributed by atoms with E-state index in [2.05, 4.69) is 17.2 Å². The smallest absolute Gasteiger partial charge is 0.341 e. The minimum absolute atomic E-state index is 0.0258. The number of hydrogen-bond donors (Lipinski definition) is 1. The van der Waals surface area contributed by atoms with E-state index in [9.17, 15) is 9.59 Å². The molecule has 1 aromatic rings. The lowest BCUT2D eigenvalue weighted by molar-refractivity contribution is -0.154. The Labute approximate surface area is 160 Å². The lowest BCUT2D eigenvalue weighted by Crippen LogP contribution is -2.45. The van der Waals surface area contributed by atoms with E-state index in [1.165, 1.54) is 6.42 Å². The van der Waals surface area contributed by atoms with Crippen molar-refractivity contribution in [2.45, 2.75) is 64.5 Å². The molecule has 2 aliphatic rings. The number of benzene rings is 1. The van der Waals surface area contributed by atoms with E-state index in [-0.39, 0.29) is 12.1 Å². The van der Waals surface area contributed by atoms with Crippen LogP contribution < -0.4 is 10.1 Å². The Kier molecular flexibility index (Phi) is 6.48. The number of aliphatic imine (C=N–C) groups is 1. The molecule has 6 nitrogen and oxygen atoms in total. The molecular weight excluding hydrogens is 344 g/mol. The number of hydrogen-bond acceptors (Lipinski definition) is 4. The second-order valence-electron chi connectivity index (χ2n) is 7.27. The van der Waals surface area contributed by atoms with Gasteiger partial charge in [-0.3, -0.25) is 4.79 Å². The molecule has 2 amide bonds. The molecular formula is C21H28N2O4. The number of nitrogens with zero attached hydrogens (tertiary/aromatic N) is 1. The Balaban J connectivity index is 1.77. The highest BCUT2D eigenvalue weighted by atomic mass is 16.5. The Morgan fingerprint density at radius 3 is 2.56 bits per heavy atom. The van der Waals surface area contributed by atoms with Crippen molar-refractivity contribution in [2.75, 3.05) is 6.61 Å². The normalized spacial score (nSPS) is 23.3. The number of urea groups is 1. The highest BCUT2D eigenvalue weighted by Gasteiger charge is 2.39. The third-order valence-electron chi connectivity index (χ3n) is 5.14. The van der Waals surface area contributed by atoms with Gasteiger partial charge in [-0.2, -0.15) is 0 Å². The fourth-order valence-electron chi connectivity index (χ4n) is 3.71. The quantitative estimate of drug-likeness (QED) is 0.760. The molecule has 1 N–H and O–H groups in total. The first-order valence-corrected chi connectivity index (χ1v) is 9.87. The van der Waals surface area contributed by atoms with Gasteiger partial charge in [0.15, 0.2) is 0 Å². The van der Waals surface area contributed by atoms with Crippen LogP contribution in [0, 0.1) is 5.92 Å². The third kappa shape index (κ3) is 4.87. The van der Waals surface area contributed by atoms with Crippen molar-refractivity contribution in [1.29, 1.82) is 0 Å². The highest BCUT2D eigenvalue weighted by molar-refractivity contribution is 6.08. The van der Waals surface area contributed by atoms with Crippen LogP contribution >= 0.6 is 0 Å². The summed E-state index contributed by atoms with van der Waals surface area (Å²) in [5.41, 5.74) is 1.34. The van der Waals surface area contributed by atoms with Crippen molar-refractivity contribution in [3.05, 3.63) is 29.8 Å². The van der Waals surface area contributed by atoms with Gasteiger partial charge < -0.3 is 14.8 Å². The number of carbonyl (C=O) groups is 2. The summed E-state index contributed by atoms with van der Waals surface area (Å²) >= 11 is 0. The molecule has 146 valence electrons. The fourth-order valence-corrected chi connectivity index (χ4v) is 3.71. The van der Waals surface area contributed by atoms with Crippen molar-refractivity contribution in [1.82, 2.24) is 5.32 Å². The van der Waals surface area contributed by atoms with Crippen LogP contribution in [0.1, 0.15) is 64.0 Å². The minimum atomic E-state index is -0.605. The average molecular weight is 372 g/mol. The zero-order valence-corrected chi connectivity index (χ0v) is 16.1. The highest BCUT2D eigenvalue weighted by Crippen LogP contribution is 2.31. The molecule has 1 heterocycles. The van der Waals surface area contributed by atoms with E-state index in [1.54, 1.807) is 6.92 Å². The van der Waals surface area contributed by atoms with Crippen LogP contribution in [-0.4, -0.2) is 30.4 Å². The molecule has 0 saturated heterocycles. The monoisotopic (exact) mass is 372 g/mol. The summed E-state index contributed by atoms with van der Waals surface area (Å²) in [7, 11) is 0. The second-order valence-corrected chi connectivity index (χ2v) is 7.27. The minimum Gasteiger partial charge on any atom is -0.494 e. The van der Waals surface area contributed by atoms with Gasteiger partial charge in [0.25, 0.3) is 0 Å². The molecule has 1 aliphatic carbocycles. The number of esters is 1. The number of amides is 2. The molecule has 3 rings (SSSR count). The van der Waals surface area contributed by atoms with Crippen LogP contribution in [-0.2, 0) is 9.53 Å². The van der Waals surface area contributed by atoms with Gasteiger partial charge in [-0.25, -0.2) is 9.79 Å². The molecule has 2 unspecified atom stereocenters. The van der Waals surface area contributed by atoms with Crippen LogP contribution in [0.5, 0.6) is 5.75 Å². The molecule has 0 spiro atoms. The number of ether oxygens (including phenoxy) is 2. The first-order valence-electron chi connectivity index (χ1n) is 9.87. The average Bonchev–Trinajstić information content (AvgIpc) is 2.67. The molecule has 2 atom stereocenters. The summed E-state index contributed by atoms with van der Waals surface area (Å²) in [5.74, 6) is -0.138. The summed E-state index contributed by atoms with van der Waals surface area (Å²) in [4.78, 5) is 28.8. The second kappa shape index (κ2) is 9.02. The van der Waals surface area contributed by atoms with Gasteiger partial charge in [0, 0.05) is 5.71 Å². The maximum atomic E-state index is 12.9. The summed E-state index contributed by atoms with van der Waals surface area (Å²) in [6.45, 7) is 4.43. The SMILES string of the molecule is CCCOc1ccc(C2NC(=O)N=C(C)C2C(=O)OC2CCCCC2)cc1. The van der Waals surface area contributed by atoms with E-state index >= 15 is 0 Å². The van der Waals surface area contributed by atoms with Gasteiger partial charge in [-0.05, 0) is 56.7 Å². The third-order valence-corrected chi connectivity index (χ3v) is 5.14. The van der Waals surface area contributed by atoms with Gasteiger partial charge >= 0.3 is 12.0 Å². The molecule has 1 aromatic carbocycles. The maximum absolute atomic E-state index is 12.9. The van der Waals surface area contributed by atoms with Crippen molar-refractivity contribution in [2.24, 2.45) is 10.9 Å². The van der Waals surface area contributed by atoms with Gasteiger partial charge in [-0.1, -0.05) is 25.5 Å². The number of rotatable bonds is 6. The topological polar surface area (TPSA) is 77.0 Å².